The lowest BCUT2D eigenvalue weighted by Gasteiger charge is -2.27. The third-order valence-electron chi connectivity index (χ3n) is 4.53. The summed E-state index contributed by atoms with van der Waals surface area (Å²) in [6.07, 6.45) is 8.74. The van der Waals surface area contributed by atoms with E-state index < -0.39 is 10.8 Å². The molecule has 2 aliphatic carbocycles. The first-order chi connectivity index (χ1) is 7.74. The molecule has 2 nitrogen and oxygen atoms in total. The molecule has 2 fully saturated rings. The minimum atomic E-state index is -0.574. The molecule has 0 saturated heterocycles. The second kappa shape index (κ2) is 5.63. The van der Waals surface area contributed by atoms with E-state index in [4.69, 9.17) is 0 Å². The van der Waals surface area contributed by atoms with Gasteiger partial charge in [0.05, 0.1) is 0 Å². The normalized spacial score (nSPS) is 38.8. The predicted octanol–water partition coefficient (Wildman–Crippen LogP) is 2.45. The van der Waals surface area contributed by atoms with Crippen molar-refractivity contribution in [1.82, 2.24) is 5.32 Å². The molecule has 4 atom stereocenters. The molecule has 2 saturated carbocycles. The van der Waals surface area contributed by atoms with Gasteiger partial charge in [0.1, 0.15) is 0 Å². The highest BCUT2D eigenvalue weighted by atomic mass is 32.2. The van der Waals surface area contributed by atoms with Crippen molar-refractivity contribution in [2.75, 3.05) is 7.05 Å². The molecule has 0 heterocycles. The highest BCUT2D eigenvalue weighted by molar-refractivity contribution is 7.86. The Morgan fingerprint density at radius 2 is 1.75 bits per heavy atom. The van der Waals surface area contributed by atoms with E-state index in [0.717, 1.165) is 6.42 Å². The lowest BCUT2D eigenvalue weighted by atomic mass is 10.0. The Kier molecular flexibility index (Phi) is 4.42. The van der Waals surface area contributed by atoms with E-state index in [1.54, 1.807) is 0 Å². The highest BCUT2D eigenvalue weighted by Crippen LogP contribution is 2.34. The molecule has 0 aromatic carbocycles. The molecule has 16 heavy (non-hydrogen) atoms. The Hall–Kier alpha value is 0.110. The zero-order valence-electron chi connectivity index (χ0n) is 10.6. The zero-order chi connectivity index (χ0) is 11.5. The second-order valence-corrected chi connectivity index (χ2v) is 7.39. The standard InChI is InChI=1S/C13H25NOS/c1-10-12(14-2)8-9-13(10)16(15)11-6-4-3-5-7-11/h10-14H,3-9H2,1-2H3. The Balaban J connectivity index is 1.94. The number of nitrogens with one attached hydrogen (secondary N) is 1. The van der Waals surface area contributed by atoms with Gasteiger partial charge in [-0.2, -0.15) is 0 Å². The average molecular weight is 243 g/mol. The van der Waals surface area contributed by atoms with Gasteiger partial charge < -0.3 is 5.32 Å². The molecule has 0 bridgehead atoms. The van der Waals surface area contributed by atoms with Crippen molar-refractivity contribution < 1.29 is 4.21 Å². The van der Waals surface area contributed by atoms with Crippen LogP contribution in [0.5, 0.6) is 0 Å². The average Bonchev–Trinajstić information content (AvgIpc) is 2.70. The van der Waals surface area contributed by atoms with Crippen molar-refractivity contribution in [1.29, 1.82) is 0 Å². The van der Waals surface area contributed by atoms with Gasteiger partial charge in [0.2, 0.25) is 0 Å². The first kappa shape index (κ1) is 12.6. The maximum atomic E-state index is 12.6. The third kappa shape index (κ3) is 2.51. The predicted molar refractivity (Wildman–Crippen MR) is 70.0 cm³/mol. The van der Waals surface area contributed by atoms with Gasteiger partial charge in [-0.25, -0.2) is 0 Å². The summed E-state index contributed by atoms with van der Waals surface area (Å²) in [5, 5.41) is 4.34. The molecule has 0 radical (unpaired) electrons. The van der Waals surface area contributed by atoms with Crippen molar-refractivity contribution >= 4 is 10.8 Å². The van der Waals surface area contributed by atoms with Gasteiger partial charge in [0.15, 0.2) is 0 Å². The molecule has 0 aromatic rings. The van der Waals surface area contributed by atoms with Crippen LogP contribution in [0, 0.1) is 5.92 Å². The summed E-state index contributed by atoms with van der Waals surface area (Å²) in [6.45, 7) is 2.28. The van der Waals surface area contributed by atoms with Crippen molar-refractivity contribution in [2.45, 2.75) is 68.4 Å². The Bertz CT molecular complexity index is 250. The van der Waals surface area contributed by atoms with Crippen LogP contribution in [0.15, 0.2) is 0 Å². The van der Waals surface area contributed by atoms with Crippen LogP contribution in [0.25, 0.3) is 0 Å². The van der Waals surface area contributed by atoms with Gasteiger partial charge in [0.25, 0.3) is 0 Å². The van der Waals surface area contributed by atoms with Gasteiger partial charge in [-0.1, -0.05) is 26.2 Å². The Labute approximate surface area is 102 Å². The summed E-state index contributed by atoms with van der Waals surface area (Å²) < 4.78 is 12.6. The van der Waals surface area contributed by atoms with E-state index in [-0.39, 0.29) is 0 Å². The lowest BCUT2D eigenvalue weighted by molar-refractivity contribution is 0.454. The van der Waals surface area contributed by atoms with Crippen molar-refractivity contribution in [3.05, 3.63) is 0 Å². The molecule has 0 amide bonds. The minimum absolute atomic E-state index is 0.459. The van der Waals surface area contributed by atoms with E-state index in [0.29, 0.717) is 22.5 Å². The van der Waals surface area contributed by atoms with E-state index >= 15 is 0 Å². The molecule has 94 valence electrons. The molecular weight excluding hydrogens is 218 g/mol. The van der Waals surface area contributed by atoms with E-state index in [1.807, 2.05) is 7.05 Å². The van der Waals surface area contributed by atoms with Crippen LogP contribution in [-0.4, -0.2) is 27.8 Å². The first-order valence-corrected chi connectivity index (χ1v) is 8.08. The van der Waals surface area contributed by atoms with Gasteiger partial charge in [-0.15, -0.1) is 0 Å². The molecule has 0 spiro atoms. The molecule has 1 N–H and O–H groups in total. The first-order valence-electron chi connectivity index (χ1n) is 6.80. The Morgan fingerprint density at radius 3 is 2.31 bits per heavy atom. The Morgan fingerprint density at radius 1 is 1.06 bits per heavy atom. The summed E-state index contributed by atoms with van der Waals surface area (Å²) in [7, 11) is 1.46. The van der Waals surface area contributed by atoms with Crippen molar-refractivity contribution in [3.8, 4) is 0 Å². The van der Waals surface area contributed by atoms with Gasteiger partial charge in [-0.3, -0.25) is 4.21 Å². The molecule has 0 aromatic heterocycles. The fraction of sp³-hybridized carbons (Fsp3) is 1.00. The van der Waals surface area contributed by atoms with Gasteiger partial charge >= 0.3 is 0 Å². The maximum Gasteiger partial charge on any atom is 0.0391 e. The zero-order valence-corrected chi connectivity index (χ0v) is 11.4. The molecule has 2 rings (SSSR count). The molecular formula is C13H25NOS. The van der Waals surface area contributed by atoms with Crippen molar-refractivity contribution in [2.24, 2.45) is 5.92 Å². The summed E-state index contributed by atoms with van der Waals surface area (Å²) in [4.78, 5) is 0. The summed E-state index contributed by atoms with van der Waals surface area (Å²) >= 11 is 0. The summed E-state index contributed by atoms with van der Waals surface area (Å²) in [6, 6.07) is 0.595. The van der Waals surface area contributed by atoms with E-state index in [1.165, 1.54) is 38.5 Å². The number of hydrogen-bond donors (Lipinski definition) is 1. The fourth-order valence-electron chi connectivity index (χ4n) is 3.41. The summed E-state index contributed by atoms with van der Waals surface area (Å²) in [5.74, 6) is 0.591. The number of rotatable bonds is 3. The monoisotopic (exact) mass is 243 g/mol. The second-order valence-electron chi connectivity index (χ2n) is 5.46. The van der Waals surface area contributed by atoms with Crippen LogP contribution in [0.2, 0.25) is 0 Å². The molecule has 3 heteroatoms. The topological polar surface area (TPSA) is 29.1 Å². The SMILES string of the molecule is CNC1CCC(S(=O)C2CCCCC2)C1C. The van der Waals surface area contributed by atoms with Crippen LogP contribution in [-0.2, 0) is 10.8 Å². The maximum absolute atomic E-state index is 12.6. The van der Waals surface area contributed by atoms with Crippen LogP contribution in [0.4, 0.5) is 0 Å². The molecule has 0 aliphatic heterocycles. The summed E-state index contributed by atoms with van der Waals surface area (Å²) in [5.41, 5.74) is 0. The van der Waals surface area contributed by atoms with E-state index in [2.05, 4.69) is 12.2 Å². The van der Waals surface area contributed by atoms with E-state index in [9.17, 15) is 4.21 Å². The minimum Gasteiger partial charge on any atom is -0.317 e. The van der Waals surface area contributed by atoms with Crippen LogP contribution >= 0.6 is 0 Å². The van der Waals surface area contributed by atoms with Gasteiger partial charge in [-0.05, 0) is 38.6 Å². The van der Waals surface area contributed by atoms with Crippen LogP contribution in [0.1, 0.15) is 51.9 Å². The smallest absolute Gasteiger partial charge is 0.0391 e. The van der Waals surface area contributed by atoms with Gasteiger partial charge in [0, 0.05) is 27.3 Å². The van der Waals surface area contributed by atoms with Crippen LogP contribution in [0.3, 0.4) is 0 Å². The van der Waals surface area contributed by atoms with Crippen LogP contribution < -0.4 is 5.32 Å². The van der Waals surface area contributed by atoms with Crippen molar-refractivity contribution in [3.63, 3.8) is 0 Å². The quantitative estimate of drug-likeness (QED) is 0.825. The largest absolute Gasteiger partial charge is 0.317 e. The molecule has 4 unspecified atom stereocenters. The fourth-order valence-corrected chi connectivity index (χ4v) is 5.68. The number of hydrogen-bond acceptors (Lipinski definition) is 2. The molecule has 2 aliphatic rings. The third-order valence-corrected chi connectivity index (χ3v) is 6.92. The highest BCUT2D eigenvalue weighted by Gasteiger charge is 2.38. The lowest BCUT2D eigenvalue weighted by Crippen LogP contribution is -2.35.